The van der Waals surface area contributed by atoms with Crippen LogP contribution >= 0.6 is 43.5 Å². The Balaban J connectivity index is 2.78. The molecule has 94 valence electrons. The summed E-state index contributed by atoms with van der Waals surface area (Å²) in [6.07, 6.45) is 0. The lowest BCUT2D eigenvalue weighted by atomic mass is 9.98. The van der Waals surface area contributed by atoms with Gasteiger partial charge in [-0.3, -0.25) is 0 Å². The highest BCUT2D eigenvalue weighted by molar-refractivity contribution is 9.11. The van der Waals surface area contributed by atoms with E-state index in [1.807, 2.05) is 19.9 Å². The minimum Gasteiger partial charge on any atom is -0.207 e. The fourth-order valence-corrected chi connectivity index (χ4v) is 3.93. The van der Waals surface area contributed by atoms with Crippen LogP contribution in [0.2, 0.25) is 5.02 Å². The minimum atomic E-state index is -0.350. The molecule has 0 fully saturated rings. The predicted molar refractivity (Wildman–Crippen MR) is 81.7 cm³/mol. The number of hydrogen-bond donors (Lipinski definition) is 0. The third-order valence-electron chi connectivity index (χ3n) is 2.69. The van der Waals surface area contributed by atoms with Gasteiger partial charge in [-0.15, -0.1) is 0 Å². The van der Waals surface area contributed by atoms with Crippen LogP contribution < -0.4 is 0 Å². The van der Waals surface area contributed by atoms with Crippen LogP contribution in [0.3, 0.4) is 0 Å². The molecule has 0 unspecified atom stereocenters. The lowest BCUT2D eigenvalue weighted by molar-refractivity contribution is 0.627. The van der Waals surface area contributed by atoms with Gasteiger partial charge in [-0.05, 0) is 59.1 Å². The van der Waals surface area contributed by atoms with Gasteiger partial charge in [-0.2, -0.15) is 0 Å². The highest BCUT2D eigenvalue weighted by atomic mass is 79.9. The zero-order valence-electron chi connectivity index (χ0n) is 9.82. The molecule has 2 aromatic carbocycles. The fraction of sp³-hybridized carbons (Fsp3) is 0.143. The number of hydrogen-bond acceptors (Lipinski definition) is 0. The Morgan fingerprint density at radius 1 is 0.944 bits per heavy atom. The molecule has 0 radical (unpaired) electrons. The van der Waals surface area contributed by atoms with Crippen LogP contribution in [0.25, 0.3) is 11.1 Å². The van der Waals surface area contributed by atoms with Crippen molar-refractivity contribution in [2.24, 2.45) is 0 Å². The average molecular weight is 392 g/mol. The molecule has 2 rings (SSSR count). The maximum absolute atomic E-state index is 13.3. The summed E-state index contributed by atoms with van der Waals surface area (Å²) in [4.78, 5) is 0. The van der Waals surface area contributed by atoms with Crippen molar-refractivity contribution in [3.63, 3.8) is 0 Å². The molecule has 0 spiro atoms. The zero-order chi connectivity index (χ0) is 13.4. The molecule has 0 N–H and O–H groups in total. The normalized spacial score (nSPS) is 10.8. The lowest BCUT2D eigenvalue weighted by Crippen LogP contribution is -1.91. The van der Waals surface area contributed by atoms with Crippen molar-refractivity contribution in [1.82, 2.24) is 0 Å². The van der Waals surface area contributed by atoms with Gasteiger partial charge in [0.15, 0.2) is 0 Å². The molecule has 18 heavy (non-hydrogen) atoms. The lowest BCUT2D eigenvalue weighted by Gasteiger charge is -2.14. The highest BCUT2D eigenvalue weighted by Crippen LogP contribution is 2.41. The highest BCUT2D eigenvalue weighted by Gasteiger charge is 2.15. The molecule has 0 aliphatic rings. The number of aryl methyl sites for hydroxylation is 2. The van der Waals surface area contributed by atoms with E-state index in [2.05, 4.69) is 37.9 Å². The standard InChI is InChI=1S/C14H10Br2ClF/c1-7-3-8(2)13(10(15)4-7)14-11(16)5-9(18)6-12(14)17/h3-6H,1-2H3. The second kappa shape index (κ2) is 5.32. The maximum atomic E-state index is 13.3. The van der Waals surface area contributed by atoms with E-state index in [0.717, 1.165) is 26.7 Å². The molecule has 4 heteroatoms. The first-order valence-corrected chi connectivity index (χ1v) is 7.28. The van der Waals surface area contributed by atoms with Gasteiger partial charge in [-0.1, -0.05) is 33.6 Å². The zero-order valence-corrected chi connectivity index (χ0v) is 13.7. The molecule has 0 atom stereocenters. The maximum Gasteiger partial charge on any atom is 0.125 e. The van der Waals surface area contributed by atoms with E-state index in [9.17, 15) is 4.39 Å². The SMILES string of the molecule is Cc1cc(C)c(-c2c(Cl)cc(F)cc2Br)c(Br)c1. The second-order valence-corrected chi connectivity index (χ2v) is 6.30. The van der Waals surface area contributed by atoms with E-state index >= 15 is 0 Å². The van der Waals surface area contributed by atoms with Gasteiger partial charge >= 0.3 is 0 Å². The average Bonchev–Trinajstić information content (AvgIpc) is 2.20. The molecule has 0 saturated carbocycles. The fourth-order valence-electron chi connectivity index (χ4n) is 2.01. The largest absolute Gasteiger partial charge is 0.207 e. The quantitative estimate of drug-likeness (QED) is 0.535. The molecular weight excluding hydrogens is 382 g/mol. The van der Waals surface area contributed by atoms with Crippen LogP contribution in [0.1, 0.15) is 11.1 Å². The topological polar surface area (TPSA) is 0 Å². The van der Waals surface area contributed by atoms with E-state index in [1.54, 1.807) is 0 Å². The Morgan fingerprint density at radius 2 is 1.56 bits per heavy atom. The number of halogens is 4. The Kier molecular flexibility index (Phi) is 4.15. The van der Waals surface area contributed by atoms with Gasteiger partial charge < -0.3 is 0 Å². The Labute approximate surface area is 127 Å². The van der Waals surface area contributed by atoms with Crippen molar-refractivity contribution in [2.75, 3.05) is 0 Å². The summed E-state index contributed by atoms with van der Waals surface area (Å²) in [7, 11) is 0. The van der Waals surface area contributed by atoms with E-state index in [0.29, 0.717) is 9.50 Å². The van der Waals surface area contributed by atoms with Gasteiger partial charge in [0.1, 0.15) is 5.82 Å². The summed E-state index contributed by atoms with van der Waals surface area (Å²) < 4.78 is 14.9. The molecule has 0 aliphatic heterocycles. The molecule has 0 saturated heterocycles. The molecular formula is C14H10Br2ClF. The monoisotopic (exact) mass is 390 g/mol. The molecule has 0 aromatic heterocycles. The third-order valence-corrected chi connectivity index (χ3v) is 4.24. The second-order valence-electron chi connectivity index (χ2n) is 4.18. The first-order chi connectivity index (χ1) is 8.40. The van der Waals surface area contributed by atoms with Crippen LogP contribution in [0, 0.1) is 19.7 Å². The minimum absolute atomic E-state index is 0.350. The Bertz CT molecular complexity index is 522. The van der Waals surface area contributed by atoms with Crippen LogP contribution in [-0.2, 0) is 0 Å². The van der Waals surface area contributed by atoms with Crippen LogP contribution in [-0.4, -0.2) is 0 Å². The summed E-state index contributed by atoms with van der Waals surface area (Å²) in [5, 5.41) is 0.398. The van der Waals surface area contributed by atoms with Crippen LogP contribution in [0.4, 0.5) is 4.39 Å². The first-order valence-electron chi connectivity index (χ1n) is 5.32. The smallest absolute Gasteiger partial charge is 0.125 e. The number of rotatable bonds is 1. The first kappa shape index (κ1) is 14.0. The van der Waals surface area contributed by atoms with E-state index in [-0.39, 0.29) is 5.82 Å². The van der Waals surface area contributed by atoms with E-state index < -0.39 is 0 Å². The van der Waals surface area contributed by atoms with Crippen molar-refractivity contribution in [3.8, 4) is 11.1 Å². The molecule has 0 amide bonds. The Morgan fingerprint density at radius 3 is 2.11 bits per heavy atom. The molecule has 0 bridgehead atoms. The summed E-state index contributed by atoms with van der Waals surface area (Å²) in [6.45, 7) is 4.04. The predicted octanol–water partition coefficient (Wildman–Crippen LogP) is 6.29. The molecule has 2 aromatic rings. The third kappa shape index (κ3) is 2.63. The summed E-state index contributed by atoms with van der Waals surface area (Å²) >= 11 is 13.1. The number of benzene rings is 2. The van der Waals surface area contributed by atoms with Crippen molar-refractivity contribution < 1.29 is 4.39 Å². The van der Waals surface area contributed by atoms with Gasteiger partial charge in [0.2, 0.25) is 0 Å². The summed E-state index contributed by atoms with van der Waals surface area (Å²) in [5.41, 5.74) is 4.05. The van der Waals surface area contributed by atoms with Crippen LogP contribution in [0.15, 0.2) is 33.2 Å². The van der Waals surface area contributed by atoms with Gasteiger partial charge in [0.05, 0.1) is 5.02 Å². The van der Waals surface area contributed by atoms with Crippen molar-refractivity contribution in [3.05, 3.63) is 55.2 Å². The molecule has 0 aliphatic carbocycles. The van der Waals surface area contributed by atoms with Crippen molar-refractivity contribution in [1.29, 1.82) is 0 Å². The molecule has 0 heterocycles. The Hall–Kier alpha value is -0.380. The van der Waals surface area contributed by atoms with Gasteiger partial charge in [0, 0.05) is 20.1 Å². The van der Waals surface area contributed by atoms with Gasteiger partial charge in [-0.25, -0.2) is 4.39 Å². The van der Waals surface area contributed by atoms with Crippen LogP contribution in [0.5, 0.6) is 0 Å². The van der Waals surface area contributed by atoms with Crippen molar-refractivity contribution in [2.45, 2.75) is 13.8 Å². The summed E-state index contributed by atoms with van der Waals surface area (Å²) in [5.74, 6) is -0.350. The van der Waals surface area contributed by atoms with Gasteiger partial charge in [0.25, 0.3) is 0 Å². The summed E-state index contributed by atoms with van der Waals surface area (Å²) in [6, 6.07) is 6.85. The van der Waals surface area contributed by atoms with E-state index in [1.165, 1.54) is 12.1 Å². The molecule has 0 nitrogen and oxygen atoms in total. The van der Waals surface area contributed by atoms with E-state index in [4.69, 9.17) is 11.6 Å². The van der Waals surface area contributed by atoms with Crippen molar-refractivity contribution >= 4 is 43.5 Å².